The van der Waals surface area contributed by atoms with E-state index in [-0.39, 0.29) is 21.6 Å². The third kappa shape index (κ3) is 4.81. The van der Waals surface area contributed by atoms with E-state index < -0.39 is 26.7 Å². The Bertz CT molecular complexity index is 1610. The number of anilines is 2. The molecule has 4 N–H and O–H groups in total. The molecule has 1 aliphatic carbocycles. The first-order valence-electron chi connectivity index (χ1n) is 10.4. The summed E-state index contributed by atoms with van der Waals surface area (Å²) >= 11 is 0.383. The van der Waals surface area contributed by atoms with Crippen molar-refractivity contribution in [3.63, 3.8) is 0 Å². The normalized spacial score (nSPS) is 13.5. The molecular weight excluding hydrogens is 497 g/mol. The summed E-state index contributed by atoms with van der Waals surface area (Å²) in [5, 5.41) is 16.7. The van der Waals surface area contributed by atoms with E-state index in [4.69, 9.17) is 0 Å². The molecule has 35 heavy (non-hydrogen) atoms. The van der Waals surface area contributed by atoms with Crippen LogP contribution in [0.15, 0.2) is 63.7 Å². The molecule has 0 radical (unpaired) electrons. The number of carbonyl (C=O) groups is 1. The molecule has 0 unspecified atom stereocenters. The number of pyridine rings is 2. The lowest BCUT2D eigenvalue weighted by Crippen LogP contribution is -2.34. The van der Waals surface area contributed by atoms with Gasteiger partial charge in [-0.05, 0) is 60.7 Å². The minimum Gasteiger partial charge on any atom is -0.494 e. The average Bonchev–Trinajstić information content (AvgIpc) is 3.49. The summed E-state index contributed by atoms with van der Waals surface area (Å²) in [6.45, 7) is 0. The highest BCUT2D eigenvalue weighted by molar-refractivity contribution is 7.92. The van der Waals surface area contributed by atoms with Crippen LogP contribution in [0.25, 0.3) is 16.6 Å². The monoisotopic (exact) mass is 515 g/mol. The Hall–Kier alpha value is -3.97. The second-order valence-electron chi connectivity index (χ2n) is 7.89. The summed E-state index contributed by atoms with van der Waals surface area (Å²) in [6.07, 6.45) is 3.41. The van der Waals surface area contributed by atoms with Crippen LogP contribution in [0.5, 0.6) is 5.88 Å². The lowest BCUT2D eigenvalue weighted by molar-refractivity contribution is 0.256. The molecule has 1 fully saturated rings. The number of nitrogens with one attached hydrogen (secondary N) is 3. The summed E-state index contributed by atoms with van der Waals surface area (Å²) < 4.78 is 39.8. The van der Waals surface area contributed by atoms with Gasteiger partial charge in [0.05, 0.1) is 11.9 Å². The van der Waals surface area contributed by atoms with E-state index >= 15 is 0 Å². The number of fused-ring (bicyclic) bond motifs is 1. The number of benzene rings is 1. The molecular formula is C22H18FN5O5S2. The fraction of sp³-hybridized carbons (Fsp3) is 0.136. The SMILES string of the molecule is O=C(Nc1ccc(-n2c(O)c3ccc(NC4CC4)cc3cc2=O)nc1)NS(=O)(=O)c1ccc(F)s1. The van der Waals surface area contributed by atoms with Crippen LogP contribution < -0.4 is 20.9 Å². The van der Waals surface area contributed by atoms with Gasteiger partial charge in [0.15, 0.2) is 5.13 Å². The van der Waals surface area contributed by atoms with Crippen molar-refractivity contribution in [3.05, 3.63) is 70.2 Å². The highest BCUT2D eigenvalue weighted by atomic mass is 32.2. The van der Waals surface area contributed by atoms with E-state index in [1.54, 1.807) is 16.9 Å². The summed E-state index contributed by atoms with van der Waals surface area (Å²) in [4.78, 5) is 28.9. The quantitative estimate of drug-likeness (QED) is 0.308. The third-order valence-corrected chi connectivity index (χ3v) is 7.92. The van der Waals surface area contributed by atoms with E-state index in [1.165, 1.54) is 24.4 Å². The summed E-state index contributed by atoms with van der Waals surface area (Å²) in [5.41, 5.74) is 0.497. The third-order valence-electron chi connectivity index (χ3n) is 5.23. The van der Waals surface area contributed by atoms with Gasteiger partial charge < -0.3 is 15.7 Å². The molecule has 1 aliphatic rings. The van der Waals surface area contributed by atoms with Gasteiger partial charge in [-0.2, -0.15) is 4.39 Å². The van der Waals surface area contributed by atoms with Crippen LogP contribution in [-0.4, -0.2) is 35.1 Å². The number of thiophene rings is 1. The summed E-state index contributed by atoms with van der Waals surface area (Å²) in [7, 11) is -4.24. The van der Waals surface area contributed by atoms with Gasteiger partial charge in [-0.3, -0.25) is 4.79 Å². The van der Waals surface area contributed by atoms with Crippen LogP contribution in [0.1, 0.15) is 12.8 Å². The van der Waals surface area contributed by atoms with Gasteiger partial charge in [0, 0.05) is 23.2 Å². The second kappa shape index (κ2) is 8.67. The van der Waals surface area contributed by atoms with Crippen molar-refractivity contribution in [1.82, 2.24) is 14.3 Å². The van der Waals surface area contributed by atoms with Crippen LogP contribution in [-0.2, 0) is 10.0 Å². The molecule has 5 rings (SSSR count). The molecule has 1 aromatic carbocycles. The van der Waals surface area contributed by atoms with Crippen molar-refractivity contribution in [2.24, 2.45) is 0 Å². The zero-order valence-electron chi connectivity index (χ0n) is 17.9. The number of halogens is 1. The number of aromatic nitrogens is 2. The Kier molecular flexibility index (Phi) is 5.65. The Morgan fingerprint density at radius 2 is 1.89 bits per heavy atom. The molecule has 2 amide bonds. The van der Waals surface area contributed by atoms with E-state index in [1.807, 2.05) is 6.07 Å². The van der Waals surface area contributed by atoms with Gasteiger partial charge in [-0.25, -0.2) is 27.5 Å². The molecule has 180 valence electrons. The second-order valence-corrected chi connectivity index (χ2v) is 10.8. The summed E-state index contributed by atoms with van der Waals surface area (Å²) in [5.74, 6) is -0.187. The maximum Gasteiger partial charge on any atom is 0.333 e. The number of carbonyl (C=O) groups excluding carboxylic acids is 1. The van der Waals surface area contributed by atoms with Crippen LogP contribution in [0.4, 0.5) is 20.6 Å². The first-order valence-corrected chi connectivity index (χ1v) is 12.7. The van der Waals surface area contributed by atoms with Gasteiger partial charge in [-0.1, -0.05) is 11.3 Å². The van der Waals surface area contributed by atoms with Crippen molar-refractivity contribution >= 4 is 49.5 Å². The molecule has 0 aliphatic heterocycles. The number of sulfonamides is 1. The minimum absolute atomic E-state index is 0.0993. The Balaban J connectivity index is 1.34. The molecule has 3 heterocycles. The van der Waals surface area contributed by atoms with Gasteiger partial charge in [0.2, 0.25) is 5.88 Å². The number of hydrogen-bond acceptors (Lipinski definition) is 8. The molecule has 0 atom stereocenters. The maximum atomic E-state index is 13.1. The van der Waals surface area contributed by atoms with Crippen molar-refractivity contribution in [3.8, 4) is 11.7 Å². The maximum absolute atomic E-state index is 13.1. The number of rotatable bonds is 6. The lowest BCUT2D eigenvalue weighted by atomic mass is 10.1. The Morgan fingerprint density at radius 3 is 2.54 bits per heavy atom. The average molecular weight is 516 g/mol. The Morgan fingerprint density at radius 1 is 1.11 bits per heavy atom. The van der Waals surface area contributed by atoms with Crippen molar-refractivity contribution < 1.29 is 22.7 Å². The molecule has 0 bridgehead atoms. The van der Waals surface area contributed by atoms with E-state index in [0.717, 1.165) is 35.2 Å². The number of aromatic hydroxyl groups is 1. The molecule has 3 aromatic heterocycles. The molecule has 13 heteroatoms. The predicted octanol–water partition coefficient (Wildman–Crippen LogP) is 3.38. The van der Waals surface area contributed by atoms with Crippen LogP contribution in [0, 0.1) is 5.13 Å². The fourth-order valence-electron chi connectivity index (χ4n) is 3.45. The van der Waals surface area contributed by atoms with E-state index in [0.29, 0.717) is 28.2 Å². The van der Waals surface area contributed by atoms with Crippen LogP contribution in [0.2, 0.25) is 0 Å². The van der Waals surface area contributed by atoms with Gasteiger partial charge in [-0.15, -0.1) is 0 Å². The topological polar surface area (TPSA) is 142 Å². The molecule has 0 saturated heterocycles. The van der Waals surface area contributed by atoms with E-state index in [2.05, 4.69) is 15.6 Å². The van der Waals surface area contributed by atoms with Gasteiger partial charge >= 0.3 is 6.03 Å². The zero-order chi connectivity index (χ0) is 24.7. The minimum atomic E-state index is -4.24. The predicted molar refractivity (Wildman–Crippen MR) is 129 cm³/mol. The summed E-state index contributed by atoms with van der Waals surface area (Å²) in [6, 6.07) is 10.9. The van der Waals surface area contributed by atoms with Crippen molar-refractivity contribution in [2.45, 2.75) is 23.1 Å². The lowest BCUT2D eigenvalue weighted by Gasteiger charge is -2.12. The van der Waals surface area contributed by atoms with Gasteiger partial charge in [0.25, 0.3) is 15.6 Å². The fourth-order valence-corrected chi connectivity index (χ4v) is 5.36. The largest absolute Gasteiger partial charge is 0.494 e. The molecule has 10 nitrogen and oxygen atoms in total. The smallest absolute Gasteiger partial charge is 0.333 e. The number of hydrogen-bond donors (Lipinski definition) is 4. The highest BCUT2D eigenvalue weighted by Gasteiger charge is 2.22. The van der Waals surface area contributed by atoms with Crippen LogP contribution in [0.3, 0.4) is 0 Å². The Labute approximate surface area is 202 Å². The highest BCUT2D eigenvalue weighted by Crippen LogP contribution is 2.30. The number of amides is 2. The number of nitrogens with zero attached hydrogens (tertiary/aromatic N) is 2. The number of urea groups is 1. The van der Waals surface area contributed by atoms with Crippen LogP contribution >= 0.6 is 11.3 Å². The first-order chi connectivity index (χ1) is 16.7. The van der Waals surface area contributed by atoms with E-state index in [9.17, 15) is 27.5 Å². The molecule has 4 aromatic rings. The molecule has 0 spiro atoms. The molecule has 1 saturated carbocycles. The van der Waals surface area contributed by atoms with Crippen molar-refractivity contribution in [1.29, 1.82) is 0 Å². The first kappa shape index (κ1) is 22.8. The van der Waals surface area contributed by atoms with Gasteiger partial charge in [0.1, 0.15) is 10.0 Å². The standard InChI is InChI=1S/C22H18FN5O5S2/c23-17-6-8-20(34-17)35(32,33)27-22(31)26-15-4-7-18(24-11-15)28-19(29)10-12-9-14(25-13-1-2-13)3-5-16(12)21(28)30/h3-11,13,25,30H,1-2H2,(H2,26,27,31). The zero-order valence-corrected chi connectivity index (χ0v) is 19.5. The van der Waals surface area contributed by atoms with Crippen molar-refractivity contribution in [2.75, 3.05) is 10.6 Å².